The Morgan fingerprint density at radius 1 is 1.10 bits per heavy atom. The van der Waals surface area contributed by atoms with E-state index in [4.69, 9.17) is 16.3 Å². The fraction of sp³-hybridized carbons (Fsp3) is 0.125. The second-order valence-electron chi connectivity index (χ2n) is 4.46. The Morgan fingerprint density at radius 2 is 1.76 bits per heavy atom. The van der Waals surface area contributed by atoms with Gasteiger partial charge in [-0.1, -0.05) is 35.9 Å². The Morgan fingerprint density at radius 3 is 2.38 bits per heavy atom. The molecule has 0 saturated heterocycles. The third kappa shape index (κ3) is 4.61. The molecule has 0 aliphatic heterocycles. The number of para-hydroxylation sites is 1. The average molecular weight is 304 g/mol. The number of anilines is 1. The number of ether oxygens (including phenoxy) is 1. The lowest BCUT2D eigenvalue weighted by Crippen LogP contribution is -2.11. The normalized spacial score (nSPS) is 10.0. The second-order valence-corrected chi connectivity index (χ2v) is 4.87. The third-order valence-electron chi connectivity index (χ3n) is 2.68. The summed E-state index contributed by atoms with van der Waals surface area (Å²) in [6, 6.07) is 13.8. The number of esters is 1. The van der Waals surface area contributed by atoms with Gasteiger partial charge in [-0.05, 0) is 29.8 Å². The van der Waals surface area contributed by atoms with Crippen LogP contribution in [0.4, 0.5) is 5.69 Å². The van der Waals surface area contributed by atoms with Gasteiger partial charge in [0, 0.05) is 12.6 Å². The fourth-order valence-electron chi connectivity index (χ4n) is 1.76. The van der Waals surface area contributed by atoms with Crippen molar-refractivity contribution < 1.29 is 14.3 Å². The summed E-state index contributed by atoms with van der Waals surface area (Å²) in [5.74, 6) is -0.185. The lowest BCUT2D eigenvalue weighted by Gasteiger charge is -2.07. The highest BCUT2D eigenvalue weighted by molar-refractivity contribution is 6.32. The van der Waals surface area contributed by atoms with E-state index < -0.39 is 5.97 Å². The van der Waals surface area contributed by atoms with Crippen molar-refractivity contribution in [2.45, 2.75) is 13.3 Å². The minimum absolute atomic E-state index is 0.131. The molecule has 2 aromatic rings. The van der Waals surface area contributed by atoms with Gasteiger partial charge in [0.1, 0.15) is 5.75 Å². The van der Waals surface area contributed by atoms with Crippen LogP contribution in [0.2, 0.25) is 5.02 Å². The van der Waals surface area contributed by atoms with Crippen molar-refractivity contribution in [3.8, 4) is 5.75 Å². The molecule has 4 nitrogen and oxygen atoms in total. The van der Waals surface area contributed by atoms with E-state index in [1.54, 1.807) is 48.5 Å². The van der Waals surface area contributed by atoms with Crippen LogP contribution in [-0.4, -0.2) is 11.9 Å². The summed E-state index contributed by atoms with van der Waals surface area (Å²) >= 11 is 5.92. The number of carbonyl (C=O) groups is 2. The highest BCUT2D eigenvalue weighted by Crippen LogP contribution is 2.23. The van der Waals surface area contributed by atoms with Crippen molar-refractivity contribution in [2.75, 3.05) is 5.32 Å². The standard InChI is InChI=1S/C16H14ClNO3/c1-11(19)18-13-8-6-12(7-9-13)10-16(20)21-15-5-3-2-4-14(15)17/h2-9H,10H2,1H3,(H,18,19). The van der Waals surface area contributed by atoms with Crippen molar-refractivity contribution in [1.82, 2.24) is 0 Å². The van der Waals surface area contributed by atoms with E-state index in [0.29, 0.717) is 16.5 Å². The van der Waals surface area contributed by atoms with E-state index in [-0.39, 0.29) is 12.3 Å². The van der Waals surface area contributed by atoms with Gasteiger partial charge in [-0.2, -0.15) is 0 Å². The highest BCUT2D eigenvalue weighted by Gasteiger charge is 2.09. The van der Waals surface area contributed by atoms with Crippen LogP contribution in [0.15, 0.2) is 48.5 Å². The van der Waals surface area contributed by atoms with E-state index in [0.717, 1.165) is 5.56 Å². The number of hydrogen-bond acceptors (Lipinski definition) is 3. The first-order valence-electron chi connectivity index (χ1n) is 6.36. The van der Waals surface area contributed by atoms with Crippen LogP contribution in [0.5, 0.6) is 5.75 Å². The quantitative estimate of drug-likeness (QED) is 0.695. The summed E-state index contributed by atoms with van der Waals surface area (Å²) < 4.78 is 5.20. The van der Waals surface area contributed by atoms with Gasteiger partial charge in [-0.3, -0.25) is 9.59 Å². The van der Waals surface area contributed by atoms with Crippen LogP contribution >= 0.6 is 11.6 Å². The van der Waals surface area contributed by atoms with Gasteiger partial charge in [0.25, 0.3) is 0 Å². The Bertz CT molecular complexity index is 653. The molecular weight excluding hydrogens is 290 g/mol. The molecule has 0 aliphatic rings. The van der Waals surface area contributed by atoms with Gasteiger partial charge >= 0.3 is 5.97 Å². The number of hydrogen-bond donors (Lipinski definition) is 1. The first-order chi connectivity index (χ1) is 10.0. The first-order valence-corrected chi connectivity index (χ1v) is 6.74. The molecule has 1 amide bonds. The molecule has 0 fully saturated rings. The van der Waals surface area contributed by atoms with Crippen molar-refractivity contribution in [2.24, 2.45) is 0 Å². The molecule has 2 rings (SSSR count). The molecule has 0 radical (unpaired) electrons. The average Bonchev–Trinajstić information content (AvgIpc) is 2.43. The van der Waals surface area contributed by atoms with Gasteiger partial charge in [-0.25, -0.2) is 0 Å². The molecule has 0 saturated carbocycles. The number of halogens is 1. The smallest absolute Gasteiger partial charge is 0.315 e. The zero-order valence-corrected chi connectivity index (χ0v) is 12.2. The van der Waals surface area contributed by atoms with Crippen molar-refractivity contribution in [3.63, 3.8) is 0 Å². The van der Waals surface area contributed by atoms with E-state index in [1.165, 1.54) is 6.92 Å². The molecule has 1 N–H and O–H groups in total. The summed E-state index contributed by atoms with van der Waals surface area (Å²) in [4.78, 5) is 22.8. The molecule has 0 atom stereocenters. The lowest BCUT2D eigenvalue weighted by atomic mass is 10.1. The Balaban J connectivity index is 1.96. The molecule has 108 valence electrons. The maximum absolute atomic E-state index is 11.8. The molecule has 0 heterocycles. The van der Waals surface area contributed by atoms with Crippen LogP contribution in [0.25, 0.3) is 0 Å². The molecule has 2 aromatic carbocycles. The topological polar surface area (TPSA) is 55.4 Å². The lowest BCUT2D eigenvalue weighted by molar-refractivity contribution is -0.133. The van der Waals surface area contributed by atoms with E-state index in [1.807, 2.05) is 0 Å². The molecule has 5 heteroatoms. The zero-order chi connectivity index (χ0) is 15.2. The third-order valence-corrected chi connectivity index (χ3v) is 3.00. The fourth-order valence-corrected chi connectivity index (χ4v) is 1.94. The maximum atomic E-state index is 11.8. The summed E-state index contributed by atoms with van der Waals surface area (Å²) in [6.07, 6.45) is 0.131. The van der Waals surface area contributed by atoms with Crippen molar-refractivity contribution in [3.05, 3.63) is 59.1 Å². The van der Waals surface area contributed by atoms with Gasteiger partial charge in [0.05, 0.1) is 11.4 Å². The van der Waals surface area contributed by atoms with Crippen LogP contribution in [0.3, 0.4) is 0 Å². The van der Waals surface area contributed by atoms with Crippen molar-refractivity contribution in [1.29, 1.82) is 0 Å². The Hall–Kier alpha value is -2.33. The number of nitrogens with one attached hydrogen (secondary N) is 1. The van der Waals surface area contributed by atoms with Gasteiger partial charge in [0.2, 0.25) is 5.91 Å². The van der Waals surface area contributed by atoms with Crippen LogP contribution in [-0.2, 0) is 16.0 Å². The van der Waals surface area contributed by atoms with Crippen molar-refractivity contribution >= 4 is 29.2 Å². The zero-order valence-electron chi connectivity index (χ0n) is 11.4. The molecule has 0 unspecified atom stereocenters. The molecular formula is C16H14ClNO3. The second kappa shape index (κ2) is 6.90. The van der Waals surface area contributed by atoms with E-state index in [9.17, 15) is 9.59 Å². The first kappa shape index (κ1) is 15.1. The molecule has 0 aliphatic carbocycles. The largest absolute Gasteiger partial charge is 0.425 e. The minimum atomic E-state index is -0.393. The van der Waals surface area contributed by atoms with Crippen LogP contribution in [0, 0.1) is 0 Å². The predicted molar refractivity (Wildman–Crippen MR) is 81.5 cm³/mol. The number of rotatable bonds is 4. The molecule has 0 spiro atoms. The summed E-state index contributed by atoms with van der Waals surface area (Å²) in [7, 11) is 0. The summed E-state index contributed by atoms with van der Waals surface area (Å²) in [6.45, 7) is 1.44. The number of carbonyl (C=O) groups excluding carboxylic acids is 2. The SMILES string of the molecule is CC(=O)Nc1ccc(CC(=O)Oc2ccccc2Cl)cc1. The van der Waals surface area contributed by atoms with E-state index >= 15 is 0 Å². The number of benzene rings is 2. The predicted octanol–water partition coefficient (Wildman–Crippen LogP) is 3.45. The molecule has 21 heavy (non-hydrogen) atoms. The Kier molecular flexibility index (Phi) is 4.95. The maximum Gasteiger partial charge on any atom is 0.315 e. The monoisotopic (exact) mass is 303 g/mol. The van der Waals surface area contributed by atoms with Crippen LogP contribution < -0.4 is 10.1 Å². The molecule has 0 aromatic heterocycles. The Labute approximate surface area is 127 Å². The minimum Gasteiger partial charge on any atom is -0.425 e. The highest BCUT2D eigenvalue weighted by atomic mass is 35.5. The number of amides is 1. The van der Waals surface area contributed by atoms with E-state index in [2.05, 4.69) is 5.32 Å². The molecule has 0 bridgehead atoms. The van der Waals surface area contributed by atoms with Gasteiger partial charge < -0.3 is 10.1 Å². The summed E-state index contributed by atoms with van der Waals surface area (Å²) in [5, 5.41) is 3.06. The van der Waals surface area contributed by atoms with Crippen LogP contribution in [0.1, 0.15) is 12.5 Å². The van der Waals surface area contributed by atoms with Gasteiger partial charge in [0.15, 0.2) is 0 Å². The summed E-state index contributed by atoms with van der Waals surface area (Å²) in [5.41, 5.74) is 1.48. The van der Waals surface area contributed by atoms with Gasteiger partial charge in [-0.15, -0.1) is 0 Å².